The van der Waals surface area contributed by atoms with Crippen LogP contribution in [0, 0.1) is 12.8 Å². The first kappa shape index (κ1) is 27.6. The van der Waals surface area contributed by atoms with Gasteiger partial charge >= 0.3 is 12.3 Å². The van der Waals surface area contributed by atoms with Gasteiger partial charge in [-0.15, -0.1) is 0 Å². The molecule has 2 saturated heterocycles. The zero-order valence-electron chi connectivity index (χ0n) is 21.7. The number of nitrogens with one attached hydrogen (secondary N) is 1. The van der Waals surface area contributed by atoms with Crippen molar-refractivity contribution in [2.45, 2.75) is 44.7 Å². The van der Waals surface area contributed by atoms with E-state index in [9.17, 15) is 27.2 Å². The zero-order chi connectivity index (χ0) is 28.8. The molecular weight excluding hydrogens is 534 g/mol. The normalized spacial score (nSPS) is 20.8. The molecule has 0 aliphatic carbocycles. The Hall–Kier alpha value is -3.94. The summed E-state index contributed by atoms with van der Waals surface area (Å²) < 4.78 is 55.3. The predicted octanol–water partition coefficient (Wildman–Crippen LogP) is 3.49. The fourth-order valence-electron chi connectivity index (χ4n) is 5.46. The highest BCUT2D eigenvalue weighted by Gasteiger charge is 2.41. The molecule has 0 spiro atoms. The van der Waals surface area contributed by atoms with Gasteiger partial charge in [0.05, 0.1) is 24.2 Å². The SMILES string of the molecule is Cc1ccc(-c2cc(CN3CCC(C(F)(F)F)CC3)c3c(N)ncnn23)cc1C(=O)N[C@@H]1CN(C(=O)O)C[C@@H]1F. The Morgan fingerprint density at radius 3 is 2.55 bits per heavy atom. The lowest BCUT2D eigenvalue weighted by molar-refractivity contribution is -0.185. The Balaban J connectivity index is 1.41. The molecule has 2 aliphatic heterocycles. The zero-order valence-corrected chi connectivity index (χ0v) is 21.7. The van der Waals surface area contributed by atoms with Gasteiger partial charge in [-0.3, -0.25) is 9.69 Å². The lowest BCUT2D eigenvalue weighted by Crippen LogP contribution is -2.42. The molecule has 40 heavy (non-hydrogen) atoms. The summed E-state index contributed by atoms with van der Waals surface area (Å²) in [5.74, 6) is -1.63. The Labute approximate surface area is 226 Å². The number of nitrogens with zero attached hydrogens (tertiary/aromatic N) is 5. The van der Waals surface area contributed by atoms with Crippen molar-refractivity contribution in [3.8, 4) is 11.3 Å². The third-order valence-corrected chi connectivity index (χ3v) is 7.72. The van der Waals surface area contributed by atoms with E-state index in [2.05, 4.69) is 15.4 Å². The number of carbonyl (C=O) groups is 2. The molecule has 4 heterocycles. The minimum Gasteiger partial charge on any atom is -0.465 e. The number of hydrogen-bond acceptors (Lipinski definition) is 6. The number of nitrogen functional groups attached to an aromatic ring is 1. The summed E-state index contributed by atoms with van der Waals surface area (Å²) >= 11 is 0. The van der Waals surface area contributed by atoms with Crippen molar-refractivity contribution in [3.05, 3.63) is 47.3 Å². The van der Waals surface area contributed by atoms with Gasteiger partial charge in [-0.05, 0) is 56.1 Å². The lowest BCUT2D eigenvalue weighted by atomic mass is 9.96. The molecular formula is C26H29F4N7O3. The number of halogens is 4. The molecule has 2 fully saturated rings. The molecule has 2 aliphatic rings. The monoisotopic (exact) mass is 563 g/mol. The summed E-state index contributed by atoms with van der Waals surface area (Å²) in [6.45, 7) is 2.20. The number of benzene rings is 1. The minimum atomic E-state index is -4.20. The van der Waals surface area contributed by atoms with Crippen LogP contribution in [0.1, 0.15) is 34.3 Å². The average Bonchev–Trinajstić information content (AvgIpc) is 3.45. The second kappa shape index (κ2) is 10.6. The van der Waals surface area contributed by atoms with Crippen molar-refractivity contribution in [1.82, 2.24) is 29.7 Å². The predicted molar refractivity (Wildman–Crippen MR) is 137 cm³/mol. The summed E-state index contributed by atoms with van der Waals surface area (Å²) in [6.07, 6.45) is -5.64. The van der Waals surface area contributed by atoms with Crippen LogP contribution in [-0.4, -0.2) is 86.1 Å². The first-order chi connectivity index (χ1) is 18.9. The molecule has 0 saturated carbocycles. The van der Waals surface area contributed by atoms with E-state index < -0.39 is 36.3 Å². The van der Waals surface area contributed by atoms with Gasteiger partial charge in [0, 0.05) is 24.2 Å². The molecule has 4 N–H and O–H groups in total. The Bertz CT molecular complexity index is 1440. The molecule has 2 amide bonds. The first-order valence-electron chi connectivity index (χ1n) is 12.9. The van der Waals surface area contributed by atoms with Crippen LogP contribution in [0.5, 0.6) is 0 Å². The second-order valence-corrected chi connectivity index (χ2v) is 10.4. The number of rotatable bonds is 5. The second-order valence-electron chi connectivity index (χ2n) is 10.4. The summed E-state index contributed by atoms with van der Waals surface area (Å²) in [5, 5.41) is 16.1. The van der Waals surface area contributed by atoms with E-state index >= 15 is 0 Å². The number of fused-ring (bicyclic) bond motifs is 1. The van der Waals surface area contributed by atoms with Gasteiger partial charge in [-0.2, -0.15) is 18.3 Å². The molecule has 1 aromatic carbocycles. The van der Waals surface area contributed by atoms with Crippen LogP contribution in [-0.2, 0) is 6.54 Å². The average molecular weight is 564 g/mol. The number of carbonyl (C=O) groups excluding carboxylic acids is 1. The van der Waals surface area contributed by atoms with Gasteiger partial charge in [-0.1, -0.05) is 12.1 Å². The maximum Gasteiger partial charge on any atom is 0.407 e. The standard InChI is InChI=1S/C26H29F4N7O3/c1-14-2-3-15(8-18(14)24(38)34-20-12-36(25(39)40)11-19(20)27)21-9-16(22-23(31)32-13-33-37(21)22)10-35-6-4-17(5-7-35)26(28,29)30/h2-3,8-9,13,17,19-20H,4-7,10-12H2,1H3,(H,34,38)(H,39,40)(H2,31,32,33)/t19-,20+/m0/s1. The summed E-state index contributed by atoms with van der Waals surface area (Å²) in [7, 11) is 0. The summed E-state index contributed by atoms with van der Waals surface area (Å²) in [5.41, 5.74) is 9.58. The minimum absolute atomic E-state index is 0.0233. The topological polar surface area (TPSA) is 129 Å². The molecule has 2 aromatic heterocycles. The number of anilines is 1. The van der Waals surface area contributed by atoms with Gasteiger partial charge in [0.25, 0.3) is 5.91 Å². The van der Waals surface area contributed by atoms with Gasteiger partial charge in [0.1, 0.15) is 18.0 Å². The van der Waals surface area contributed by atoms with Crippen molar-refractivity contribution >= 4 is 23.3 Å². The third kappa shape index (κ3) is 5.40. The number of aromatic nitrogens is 3. The van der Waals surface area contributed by atoms with E-state index in [1.807, 2.05) is 11.0 Å². The van der Waals surface area contributed by atoms with E-state index in [1.54, 1.807) is 29.6 Å². The van der Waals surface area contributed by atoms with E-state index in [0.29, 0.717) is 28.9 Å². The van der Waals surface area contributed by atoms with Gasteiger partial charge in [0.15, 0.2) is 5.82 Å². The number of carboxylic acid groups (broad SMARTS) is 1. The molecule has 10 nitrogen and oxygen atoms in total. The van der Waals surface area contributed by atoms with Gasteiger partial charge < -0.3 is 21.1 Å². The summed E-state index contributed by atoms with van der Waals surface area (Å²) in [4.78, 5) is 31.3. The Morgan fingerprint density at radius 2 is 1.90 bits per heavy atom. The highest BCUT2D eigenvalue weighted by Crippen LogP contribution is 2.35. The Kier molecular flexibility index (Phi) is 7.29. The van der Waals surface area contributed by atoms with Crippen molar-refractivity contribution in [2.75, 3.05) is 31.9 Å². The first-order valence-corrected chi connectivity index (χ1v) is 12.9. The van der Waals surface area contributed by atoms with E-state index in [4.69, 9.17) is 10.8 Å². The molecule has 14 heteroatoms. The van der Waals surface area contributed by atoms with Gasteiger partial charge in [-0.25, -0.2) is 18.7 Å². The molecule has 3 aromatic rings. The number of alkyl halides is 4. The fourth-order valence-corrected chi connectivity index (χ4v) is 5.46. The van der Waals surface area contributed by atoms with Crippen LogP contribution in [0.3, 0.4) is 0 Å². The highest BCUT2D eigenvalue weighted by atomic mass is 19.4. The van der Waals surface area contributed by atoms with Gasteiger partial charge in [0.2, 0.25) is 0 Å². The molecule has 0 bridgehead atoms. The quantitative estimate of drug-likeness (QED) is 0.406. The molecule has 0 unspecified atom stereocenters. The van der Waals surface area contributed by atoms with Crippen LogP contribution < -0.4 is 11.1 Å². The van der Waals surface area contributed by atoms with Crippen molar-refractivity contribution < 1.29 is 32.3 Å². The van der Waals surface area contributed by atoms with Crippen LogP contribution in [0.4, 0.5) is 28.2 Å². The van der Waals surface area contributed by atoms with E-state index in [-0.39, 0.29) is 50.4 Å². The number of likely N-dealkylation sites (tertiary alicyclic amines) is 2. The van der Waals surface area contributed by atoms with E-state index in [0.717, 1.165) is 10.5 Å². The number of hydrogen-bond donors (Lipinski definition) is 3. The van der Waals surface area contributed by atoms with Crippen LogP contribution in [0.2, 0.25) is 0 Å². The largest absolute Gasteiger partial charge is 0.465 e. The smallest absolute Gasteiger partial charge is 0.407 e. The van der Waals surface area contributed by atoms with Crippen LogP contribution >= 0.6 is 0 Å². The lowest BCUT2D eigenvalue weighted by Gasteiger charge is -2.32. The number of aryl methyl sites for hydroxylation is 1. The molecule has 0 radical (unpaired) electrons. The highest BCUT2D eigenvalue weighted by molar-refractivity contribution is 5.97. The molecule has 2 atom stereocenters. The maximum absolute atomic E-state index is 14.4. The third-order valence-electron chi connectivity index (χ3n) is 7.72. The van der Waals surface area contributed by atoms with Crippen LogP contribution in [0.15, 0.2) is 30.6 Å². The molecule has 214 valence electrons. The van der Waals surface area contributed by atoms with Crippen molar-refractivity contribution in [1.29, 1.82) is 0 Å². The fraction of sp³-hybridized carbons (Fsp3) is 0.462. The Morgan fingerprint density at radius 1 is 1.18 bits per heavy atom. The summed E-state index contributed by atoms with van der Waals surface area (Å²) in [6, 6.07) is 6.04. The van der Waals surface area contributed by atoms with Crippen molar-refractivity contribution in [2.24, 2.45) is 5.92 Å². The number of nitrogens with two attached hydrogens (primary N) is 1. The van der Waals surface area contributed by atoms with E-state index in [1.165, 1.54) is 6.33 Å². The van der Waals surface area contributed by atoms with Crippen LogP contribution in [0.25, 0.3) is 16.8 Å². The number of piperidine rings is 1. The molecule has 5 rings (SSSR count). The number of amides is 2. The van der Waals surface area contributed by atoms with Crippen molar-refractivity contribution in [3.63, 3.8) is 0 Å². The maximum atomic E-state index is 14.4.